The molecule has 0 heterocycles. The fraction of sp³-hybridized carbons (Fsp3) is 0.333. The molecule has 27 heavy (non-hydrogen) atoms. The Hall–Kier alpha value is -2.00. The van der Waals surface area contributed by atoms with Crippen LogP contribution < -0.4 is 19.9 Å². The van der Waals surface area contributed by atoms with E-state index in [9.17, 15) is 8.42 Å². The topological polar surface area (TPSA) is 91.1 Å². The van der Waals surface area contributed by atoms with E-state index in [0.717, 1.165) is 5.56 Å². The molecule has 2 aromatic carbocycles. The summed E-state index contributed by atoms with van der Waals surface area (Å²) in [6.07, 6.45) is 0. The van der Waals surface area contributed by atoms with Crippen LogP contribution >= 0.6 is 12.4 Å². The van der Waals surface area contributed by atoms with Gasteiger partial charge in [-0.1, -0.05) is 30.3 Å². The van der Waals surface area contributed by atoms with Gasteiger partial charge in [0.2, 0.25) is 0 Å². The molecular weight excluding hydrogens is 392 g/mol. The number of benzene rings is 2. The summed E-state index contributed by atoms with van der Waals surface area (Å²) in [7, 11) is 0.362. The highest BCUT2D eigenvalue weighted by Crippen LogP contribution is 2.39. The zero-order valence-electron chi connectivity index (χ0n) is 15.5. The highest BCUT2D eigenvalue weighted by Gasteiger charge is 2.32. The Balaban J connectivity index is 0.00000364. The van der Waals surface area contributed by atoms with Crippen molar-refractivity contribution in [3.05, 3.63) is 48.0 Å². The average Bonchev–Trinajstić information content (AvgIpc) is 2.67. The number of nitrogens with two attached hydrogens (primary N) is 1. The van der Waals surface area contributed by atoms with E-state index in [2.05, 4.69) is 0 Å². The van der Waals surface area contributed by atoms with Crippen molar-refractivity contribution in [3.8, 4) is 17.2 Å². The lowest BCUT2D eigenvalue weighted by Crippen LogP contribution is -2.35. The number of halogens is 1. The second-order valence-corrected chi connectivity index (χ2v) is 7.35. The van der Waals surface area contributed by atoms with Crippen molar-refractivity contribution in [1.29, 1.82) is 0 Å². The number of rotatable bonds is 9. The summed E-state index contributed by atoms with van der Waals surface area (Å²) in [5.74, 6) is 0.735. The van der Waals surface area contributed by atoms with Crippen molar-refractivity contribution in [2.24, 2.45) is 5.73 Å². The maximum atomic E-state index is 13.4. The predicted octanol–water partition coefficient (Wildman–Crippen LogP) is 2.28. The number of nitrogens with zero attached hydrogens (tertiary/aromatic N) is 1. The number of hydrogen-bond acceptors (Lipinski definition) is 6. The zero-order valence-corrected chi connectivity index (χ0v) is 17.2. The average molecular weight is 417 g/mol. The van der Waals surface area contributed by atoms with Crippen LogP contribution in [0.15, 0.2) is 47.4 Å². The summed E-state index contributed by atoms with van der Waals surface area (Å²) in [5.41, 5.74) is 6.51. The van der Waals surface area contributed by atoms with Gasteiger partial charge in [0.1, 0.15) is 17.2 Å². The third-order valence-electron chi connectivity index (χ3n) is 3.85. The molecule has 0 aromatic heterocycles. The maximum Gasteiger partial charge on any atom is 0.250 e. The van der Waals surface area contributed by atoms with Crippen molar-refractivity contribution in [2.45, 2.75) is 11.4 Å². The van der Waals surface area contributed by atoms with Gasteiger partial charge in [-0.3, -0.25) is 0 Å². The molecule has 2 rings (SSSR count). The molecule has 2 N–H and O–H groups in total. The lowest BCUT2D eigenvalue weighted by Gasteiger charge is -2.24. The Morgan fingerprint density at radius 1 is 0.963 bits per heavy atom. The molecule has 0 saturated heterocycles. The number of hydrogen-bond donors (Lipinski definition) is 1. The molecule has 0 aliphatic heterocycles. The van der Waals surface area contributed by atoms with E-state index < -0.39 is 10.0 Å². The second-order valence-electron chi connectivity index (χ2n) is 5.47. The zero-order chi connectivity index (χ0) is 19.2. The maximum absolute atomic E-state index is 13.4. The van der Waals surface area contributed by atoms with Crippen LogP contribution in [0, 0.1) is 0 Å². The molecule has 0 atom stereocenters. The van der Waals surface area contributed by atoms with Crippen molar-refractivity contribution >= 4 is 22.4 Å². The van der Waals surface area contributed by atoms with Crippen LogP contribution in [0.25, 0.3) is 0 Å². The van der Waals surface area contributed by atoms with E-state index in [-0.39, 0.29) is 48.4 Å². The standard InChI is InChI=1S/C18H24N2O5S.ClH/c1-23-15-11-16(24-2)18(17(12-15)25-3)26(21,22)20(10-9-19)13-14-7-5-4-6-8-14;/h4-8,11-12H,9-10,13,19H2,1-3H3;1H. The fourth-order valence-corrected chi connectivity index (χ4v) is 4.29. The minimum Gasteiger partial charge on any atom is -0.496 e. The van der Waals surface area contributed by atoms with Crippen LogP contribution in [0.1, 0.15) is 5.56 Å². The van der Waals surface area contributed by atoms with Crippen LogP contribution in [-0.2, 0) is 16.6 Å². The number of sulfonamides is 1. The van der Waals surface area contributed by atoms with Crippen LogP contribution in [0.2, 0.25) is 0 Å². The summed E-state index contributed by atoms with van der Waals surface area (Å²) in [6, 6.07) is 12.3. The fourth-order valence-electron chi connectivity index (χ4n) is 2.57. The van der Waals surface area contributed by atoms with Crippen molar-refractivity contribution in [2.75, 3.05) is 34.4 Å². The van der Waals surface area contributed by atoms with Crippen LogP contribution in [-0.4, -0.2) is 47.1 Å². The minimum absolute atomic E-state index is 0. The van der Waals surface area contributed by atoms with Crippen LogP contribution in [0.5, 0.6) is 17.2 Å². The van der Waals surface area contributed by atoms with E-state index in [1.807, 2.05) is 30.3 Å². The first-order valence-electron chi connectivity index (χ1n) is 8.02. The van der Waals surface area contributed by atoms with E-state index in [1.54, 1.807) is 0 Å². The largest absolute Gasteiger partial charge is 0.496 e. The molecule has 0 fully saturated rings. The Kier molecular flexibility index (Phi) is 8.84. The lowest BCUT2D eigenvalue weighted by atomic mass is 10.2. The summed E-state index contributed by atoms with van der Waals surface area (Å²) in [5, 5.41) is 0. The summed E-state index contributed by atoms with van der Waals surface area (Å²) >= 11 is 0. The van der Waals surface area contributed by atoms with Crippen molar-refractivity contribution in [3.63, 3.8) is 0 Å². The molecule has 0 aliphatic carbocycles. The van der Waals surface area contributed by atoms with Gasteiger partial charge >= 0.3 is 0 Å². The summed E-state index contributed by atoms with van der Waals surface area (Å²) < 4.78 is 43.8. The number of methoxy groups -OCH3 is 3. The molecule has 150 valence electrons. The van der Waals surface area contributed by atoms with Crippen molar-refractivity contribution < 1.29 is 22.6 Å². The van der Waals surface area contributed by atoms with Crippen LogP contribution in [0.4, 0.5) is 0 Å². The quantitative estimate of drug-likeness (QED) is 0.674. The molecule has 7 nitrogen and oxygen atoms in total. The van der Waals surface area contributed by atoms with E-state index >= 15 is 0 Å². The Morgan fingerprint density at radius 2 is 1.52 bits per heavy atom. The van der Waals surface area contributed by atoms with Gasteiger partial charge in [-0.2, -0.15) is 4.31 Å². The smallest absolute Gasteiger partial charge is 0.250 e. The molecule has 0 unspecified atom stereocenters. The molecule has 0 bridgehead atoms. The molecule has 0 spiro atoms. The first kappa shape index (κ1) is 23.0. The molecule has 0 amide bonds. The SMILES string of the molecule is COc1cc(OC)c(S(=O)(=O)N(CCN)Cc2ccccc2)c(OC)c1.Cl. The van der Waals surface area contributed by atoms with Gasteiger partial charge in [-0.05, 0) is 5.56 Å². The molecule has 0 saturated carbocycles. The first-order chi connectivity index (χ1) is 12.5. The van der Waals surface area contributed by atoms with Gasteiger partial charge < -0.3 is 19.9 Å². The predicted molar refractivity (Wildman–Crippen MR) is 106 cm³/mol. The van der Waals surface area contributed by atoms with Gasteiger partial charge in [0.05, 0.1) is 21.3 Å². The van der Waals surface area contributed by atoms with Gasteiger partial charge in [0, 0.05) is 31.8 Å². The lowest BCUT2D eigenvalue weighted by molar-refractivity contribution is 0.351. The molecule has 9 heteroatoms. The van der Waals surface area contributed by atoms with Crippen LogP contribution in [0.3, 0.4) is 0 Å². The normalized spacial score (nSPS) is 11.0. The van der Waals surface area contributed by atoms with Gasteiger partial charge in [0.25, 0.3) is 10.0 Å². The monoisotopic (exact) mass is 416 g/mol. The molecular formula is C18H25ClN2O5S. The van der Waals surface area contributed by atoms with Gasteiger partial charge in [0.15, 0.2) is 4.90 Å². The Labute approximate surface area is 166 Å². The number of ether oxygens (including phenoxy) is 3. The van der Waals surface area contributed by atoms with E-state index in [0.29, 0.717) is 5.75 Å². The van der Waals surface area contributed by atoms with E-state index in [4.69, 9.17) is 19.9 Å². The third-order valence-corrected chi connectivity index (χ3v) is 5.76. The van der Waals surface area contributed by atoms with Gasteiger partial charge in [-0.15, -0.1) is 12.4 Å². The van der Waals surface area contributed by atoms with Crippen molar-refractivity contribution in [1.82, 2.24) is 4.31 Å². The Morgan fingerprint density at radius 3 is 1.96 bits per heavy atom. The summed E-state index contributed by atoms with van der Waals surface area (Å²) in [6.45, 7) is 0.543. The van der Waals surface area contributed by atoms with E-state index in [1.165, 1.54) is 37.8 Å². The summed E-state index contributed by atoms with van der Waals surface area (Å²) in [4.78, 5) is -0.0484. The first-order valence-corrected chi connectivity index (χ1v) is 9.46. The van der Waals surface area contributed by atoms with Gasteiger partial charge in [-0.25, -0.2) is 8.42 Å². The highest BCUT2D eigenvalue weighted by molar-refractivity contribution is 7.89. The second kappa shape index (κ2) is 10.4. The third kappa shape index (κ3) is 5.26. The Bertz CT molecular complexity index is 806. The molecule has 0 radical (unpaired) electrons. The minimum atomic E-state index is -3.92. The molecule has 2 aromatic rings. The molecule has 0 aliphatic rings. The highest BCUT2D eigenvalue weighted by atomic mass is 35.5.